The molecule has 0 spiro atoms. The third-order valence-electron chi connectivity index (χ3n) is 3.52. The quantitative estimate of drug-likeness (QED) is 0.359. The van der Waals surface area contributed by atoms with E-state index in [4.69, 9.17) is 0 Å². The van der Waals surface area contributed by atoms with Crippen LogP contribution < -0.4 is 0 Å². The number of ketones is 3. The van der Waals surface area contributed by atoms with E-state index in [1.165, 1.54) is 12.3 Å². The zero-order valence-electron chi connectivity index (χ0n) is 11.7. The summed E-state index contributed by atoms with van der Waals surface area (Å²) in [5.74, 6) is -3.31. The monoisotopic (exact) mass is 323 g/mol. The lowest BCUT2D eigenvalue weighted by Crippen LogP contribution is -2.35. The third-order valence-corrected chi connectivity index (χ3v) is 4.43. The van der Waals surface area contributed by atoms with E-state index in [1.807, 2.05) is 0 Å². The second-order valence-corrected chi connectivity index (χ2v) is 6.35. The summed E-state index contributed by atoms with van der Waals surface area (Å²) in [5.41, 5.74) is -0.836. The number of hydrogen-bond donors (Lipinski definition) is 0. The van der Waals surface area contributed by atoms with Gasteiger partial charge in [0.1, 0.15) is 5.92 Å². The highest BCUT2D eigenvalue weighted by atomic mass is 32.2. The standard InChI is InChI=1S/C14H13NO6S/c1-22(21)8-5-6-9(10(7-8)15(19)20)14(18)13-11(16)3-2-4-12(13)17/h5-7,13H,2-4H2,1H3. The average molecular weight is 323 g/mol. The van der Waals surface area contributed by atoms with E-state index in [-0.39, 0.29) is 23.3 Å². The minimum atomic E-state index is -1.45. The maximum Gasteiger partial charge on any atom is 0.281 e. The van der Waals surface area contributed by atoms with Gasteiger partial charge in [0.05, 0.1) is 21.3 Å². The summed E-state index contributed by atoms with van der Waals surface area (Å²) in [6, 6.07) is 3.53. The van der Waals surface area contributed by atoms with Gasteiger partial charge < -0.3 is 0 Å². The topological polar surface area (TPSA) is 111 Å². The van der Waals surface area contributed by atoms with Crippen LogP contribution in [0.3, 0.4) is 0 Å². The predicted octanol–water partition coefficient (Wildman–Crippen LogP) is 1.45. The van der Waals surface area contributed by atoms with Crippen molar-refractivity contribution in [3.63, 3.8) is 0 Å². The molecule has 1 aliphatic rings. The summed E-state index contributed by atoms with van der Waals surface area (Å²) in [6.07, 6.45) is 1.99. The molecular formula is C14H13NO6S. The van der Waals surface area contributed by atoms with Gasteiger partial charge in [0.2, 0.25) is 0 Å². The van der Waals surface area contributed by atoms with Gasteiger partial charge in [-0.05, 0) is 18.6 Å². The highest BCUT2D eigenvalue weighted by molar-refractivity contribution is 7.84. The van der Waals surface area contributed by atoms with Gasteiger partial charge in [-0.1, -0.05) is 0 Å². The van der Waals surface area contributed by atoms with Gasteiger partial charge in [-0.2, -0.15) is 0 Å². The van der Waals surface area contributed by atoms with E-state index in [0.717, 1.165) is 12.1 Å². The Morgan fingerprint density at radius 3 is 2.36 bits per heavy atom. The molecule has 1 saturated carbocycles. The molecule has 7 nitrogen and oxygen atoms in total. The molecule has 1 aromatic carbocycles. The first-order chi connectivity index (χ1) is 10.3. The smallest absolute Gasteiger partial charge is 0.281 e. The van der Waals surface area contributed by atoms with Crippen molar-refractivity contribution in [1.29, 1.82) is 0 Å². The van der Waals surface area contributed by atoms with Crippen LogP contribution in [-0.2, 0) is 20.4 Å². The Bertz CT molecular complexity index is 695. The van der Waals surface area contributed by atoms with Gasteiger partial charge in [-0.25, -0.2) is 0 Å². The number of nitrogens with zero attached hydrogens (tertiary/aromatic N) is 1. The van der Waals surface area contributed by atoms with E-state index < -0.39 is 44.7 Å². The SMILES string of the molecule is CS(=O)c1ccc(C(=O)C2C(=O)CCCC2=O)c([N+](=O)[O-])c1. The number of rotatable bonds is 4. The number of carbonyl (C=O) groups is 3. The fourth-order valence-corrected chi connectivity index (χ4v) is 2.94. The van der Waals surface area contributed by atoms with E-state index >= 15 is 0 Å². The van der Waals surface area contributed by atoms with Crippen LogP contribution >= 0.6 is 0 Å². The van der Waals surface area contributed by atoms with Crippen molar-refractivity contribution in [3.8, 4) is 0 Å². The molecule has 1 unspecified atom stereocenters. The van der Waals surface area contributed by atoms with Crippen molar-refractivity contribution in [2.45, 2.75) is 24.2 Å². The Morgan fingerprint density at radius 2 is 1.86 bits per heavy atom. The molecule has 0 N–H and O–H groups in total. The van der Waals surface area contributed by atoms with Crippen LogP contribution in [0.4, 0.5) is 5.69 Å². The van der Waals surface area contributed by atoms with E-state index in [1.54, 1.807) is 0 Å². The van der Waals surface area contributed by atoms with Crippen molar-refractivity contribution in [1.82, 2.24) is 0 Å². The number of Topliss-reactive ketones (excluding diaryl/α,β-unsaturated/α-hetero) is 3. The molecule has 0 saturated heterocycles. The zero-order chi connectivity index (χ0) is 16.4. The first kappa shape index (κ1) is 16.2. The van der Waals surface area contributed by atoms with E-state index in [9.17, 15) is 28.7 Å². The van der Waals surface area contributed by atoms with Gasteiger partial charge in [-0.3, -0.25) is 28.7 Å². The summed E-state index contributed by atoms with van der Waals surface area (Å²) in [5, 5.41) is 11.1. The number of nitro groups is 1. The Hall–Kier alpha value is -2.22. The highest BCUT2D eigenvalue weighted by Crippen LogP contribution is 2.28. The molecule has 0 bridgehead atoms. The Labute approximate surface area is 128 Å². The summed E-state index contributed by atoms with van der Waals surface area (Å²) < 4.78 is 11.4. The van der Waals surface area contributed by atoms with Crippen LogP contribution in [0.5, 0.6) is 0 Å². The molecule has 22 heavy (non-hydrogen) atoms. The lowest BCUT2D eigenvalue weighted by atomic mass is 9.81. The summed E-state index contributed by atoms with van der Waals surface area (Å²) in [4.78, 5) is 46.6. The molecule has 1 aromatic rings. The molecule has 0 aliphatic heterocycles. The van der Waals surface area contributed by atoms with Gasteiger partial charge in [0.15, 0.2) is 17.3 Å². The zero-order valence-corrected chi connectivity index (χ0v) is 12.6. The lowest BCUT2D eigenvalue weighted by molar-refractivity contribution is -0.385. The molecular weight excluding hydrogens is 310 g/mol. The first-order valence-electron chi connectivity index (χ1n) is 6.54. The number of carbonyl (C=O) groups excluding carboxylic acids is 3. The molecule has 1 fully saturated rings. The van der Waals surface area contributed by atoms with Gasteiger partial charge >= 0.3 is 0 Å². The maximum atomic E-state index is 12.4. The number of benzene rings is 1. The van der Waals surface area contributed by atoms with Crippen LogP contribution in [0.1, 0.15) is 29.6 Å². The second kappa shape index (κ2) is 6.27. The fourth-order valence-electron chi connectivity index (χ4n) is 2.40. The molecule has 1 aliphatic carbocycles. The second-order valence-electron chi connectivity index (χ2n) is 4.97. The highest BCUT2D eigenvalue weighted by Gasteiger charge is 2.39. The van der Waals surface area contributed by atoms with Crippen LogP contribution in [0.2, 0.25) is 0 Å². The average Bonchev–Trinajstić information content (AvgIpc) is 2.46. The molecule has 0 radical (unpaired) electrons. The fraction of sp³-hybridized carbons (Fsp3) is 0.357. The molecule has 1 atom stereocenters. The van der Waals surface area contributed by atoms with Crippen molar-refractivity contribution >= 4 is 33.8 Å². The van der Waals surface area contributed by atoms with E-state index in [2.05, 4.69) is 0 Å². The summed E-state index contributed by atoms with van der Waals surface area (Å²) in [6.45, 7) is 0. The van der Waals surface area contributed by atoms with Crippen molar-refractivity contribution in [3.05, 3.63) is 33.9 Å². The number of hydrogen-bond acceptors (Lipinski definition) is 6. The van der Waals surface area contributed by atoms with Crippen LogP contribution in [0.15, 0.2) is 23.1 Å². The minimum absolute atomic E-state index is 0.118. The van der Waals surface area contributed by atoms with Gasteiger partial charge in [0.25, 0.3) is 5.69 Å². The van der Waals surface area contributed by atoms with Crippen LogP contribution in [0, 0.1) is 16.0 Å². The maximum absolute atomic E-state index is 12.4. The third kappa shape index (κ3) is 3.01. The molecule has 0 heterocycles. The summed E-state index contributed by atoms with van der Waals surface area (Å²) in [7, 11) is -1.45. The van der Waals surface area contributed by atoms with Crippen molar-refractivity contribution in [2.24, 2.45) is 5.92 Å². The van der Waals surface area contributed by atoms with Crippen molar-refractivity contribution < 1.29 is 23.5 Å². The van der Waals surface area contributed by atoms with Gasteiger partial charge in [-0.15, -0.1) is 0 Å². The Balaban J connectivity index is 2.49. The Kier molecular flexibility index (Phi) is 4.60. The molecule has 116 valence electrons. The molecule has 8 heteroatoms. The van der Waals surface area contributed by atoms with Crippen molar-refractivity contribution in [2.75, 3.05) is 6.26 Å². The molecule has 0 amide bonds. The van der Waals surface area contributed by atoms with Gasteiger partial charge in [0, 0.05) is 30.1 Å². The largest absolute Gasteiger partial charge is 0.298 e. The first-order valence-corrected chi connectivity index (χ1v) is 8.10. The molecule has 0 aromatic heterocycles. The minimum Gasteiger partial charge on any atom is -0.298 e. The normalized spacial score (nSPS) is 17.3. The molecule has 2 rings (SSSR count). The van der Waals surface area contributed by atoms with Crippen LogP contribution in [-0.4, -0.2) is 32.7 Å². The van der Waals surface area contributed by atoms with E-state index in [0.29, 0.717) is 6.42 Å². The number of nitro benzene ring substituents is 1. The summed E-state index contributed by atoms with van der Waals surface area (Å²) >= 11 is 0. The lowest BCUT2D eigenvalue weighted by Gasteiger charge is -2.18. The van der Waals surface area contributed by atoms with Crippen LogP contribution in [0.25, 0.3) is 0 Å². The Morgan fingerprint density at radius 1 is 1.27 bits per heavy atom. The predicted molar refractivity (Wildman–Crippen MR) is 77.1 cm³/mol.